The molecule has 0 aliphatic rings. The van der Waals surface area contributed by atoms with Crippen molar-refractivity contribution < 1.29 is 9.53 Å². The Hall–Kier alpha value is -2.55. The topological polar surface area (TPSA) is 38.3 Å². The first-order valence-electron chi connectivity index (χ1n) is 7.81. The lowest BCUT2D eigenvalue weighted by molar-refractivity contribution is -0.116. The maximum atomic E-state index is 11.8. The van der Waals surface area contributed by atoms with Gasteiger partial charge in [0.05, 0.1) is 6.10 Å². The van der Waals surface area contributed by atoms with Crippen molar-refractivity contribution in [3.8, 4) is 5.75 Å². The molecule has 0 fully saturated rings. The minimum Gasteiger partial charge on any atom is -0.491 e. The number of hydrogen-bond acceptors (Lipinski definition) is 2. The molecule has 2 aromatic carbocycles. The molecule has 3 heteroatoms. The summed E-state index contributed by atoms with van der Waals surface area (Å²) in [5.41, 5.74) is 3.26. The van der Waals surface area contributed by atoms with Crippen LogP contribution >= 0.6 is 0 Å². The van der Waals surface area contributed by atoms with E-state index in [0.717, 1.165) is 16.9 Å². The van der Waals surface area contributed by atoms with Crippen molar-refractivity contribution in [2.75, 3.05) is 0 Å². The Morgan fingerprint density at radius 3 is 2.35 bits per heavy atom. The zero-order valence-corrected chi connectivity index (χ0v) is 13.9. The lowest BCUT2D eigenvalue weighted by Crippen LogP contribution is -2.20. The monoisotopic (exact) mass is 309 g/mol. The molecule has 23 heavy (non-hydrogen) atoms. The van der Waals surface area contributed by atoms with Crippen molar-refractivity contribution in [2.24, 2.45) is 0 Å². The Morgan fingerprint density at radius 1 is 1.09 bits per heavy atom. The van der Waals surface area contributed by atoms with Gasteiger partial charge in [0.25, 0.3) is 0 Å². The molecule has 2 aromatic rings. The molecule has 0 aromatic heterocycles. The van der Waals surface area contributed by atoms with Gasteiger partial charge in [-0.25, -0.2) is 0 Å². The van der Waals surface area contributed by atoms with Gasteiger partial charge in [0, 0.05) is 12.6 Å². The van der Waals surface area contributed by atoms with Crippen molar-refractivity contribution in [1.82, 2.24) is 5.32 Å². The van der Waals surface area contributed by atoms with Gasteiger partial charge in [-0.15, -0.1) is 0 Å². The predicted molar refractivity (Wildman–Crippen MR) is 94.3 cm³/mol. The van der Waals surface area contributed by atoms with Gasteiger partial charge in [-0.2, -0.15) is 0 Å². The molecule has 1 N–H and O–H groups in total. The van der Waals surface area contributed by atoms with Crippen molar-refractivity contribution in [3.05, 3.63) is 71.3 Å². The first-order valence-corrected chi connectivity index (χ1v) is 7.81. The van der Waals surface area contributed by atoms with Crippen LogP contribution in [0.4, 0.5) is 0 Å². The normalized spacial score (nSPS) is 11.0. The first-order chi connectivity index (χ1) is 11.0. The van der Waals surface area contributed by atoms with Crippen LogP contribution in [0, 0.1) is 6.92 Å². The number of nitrogens with one attached hydrogen (secondary N) is 1. The van der Waals surface area contributed by atoms with Crippen molar-refractivity contribution in [1.29, 1.82) is 0 Å². The van der Waals surface area contributed by atoms with E-state index in [0.29, 0.717) is 6.54 Å². The van der Waals surface area contributed by atoms with Gasteiger partial charge in [0.1, 0.15) is 5.75 Å². The van der Waals surface area contributed by atoms with E-state index in [1.807, 2.05) is 75.4 Å². The molecule has 2 rings (SSSR count). The summed E-state index contributed by atoms with van der Waals surface area (Å²) in [7, 11) is 0. The van der Waals surface area contributed by atoms with Crippen LogP contribution in [0.1, 0.15) is 30.5 Å². The first kappa shape index (κ1) is 16.8. The standard InChI is InChI=1S/C20H23NO2/c1-15(2)23-19-11-8-18(9-12-19)14-21-20(22)13-10-17-6-4-16(3)5-7-17/h4-13,15H,14H2,1-3H3,(H,21,22)/b13-10+. The number of carbonyl (C=O) groups is 1. The Bertz CT molecular complexity index is 655. The van der Waals surface area contributed by atoms with Crippen LogP contribution < -0.4 is 10.1 Å². The fraction of sp³-hybridized carbons (Fsp3) is 0.250. The minimum atomic E-state index is -0.104. The molecule has 3 nitrogen and oxygen atoms in total. The number of hydrogen-bond donors (Lipinski definition) is 1. The van der Waals surface area contributed by atoms with Gasteiger partial charge < -0.3 is 10.1 Å². The highest BCUT2D eigenvalue weighted by molar-refractivity contribution is 5.91. The van der Waals surface area contributed by atoms with Crippen molar-refractivity contribution in [2.45, 2.75) is 33.4 Å². The summed E-state index contributed by atoms with van der Waals surface area (Å²) in [6.45, 7) is 6.53. The minimum absolute atomic E-state index is 0.104. The molecule has 1 amide bonds. The van der Waals surface area contributed by atoms with Crippen LogP contribution in [-0.2, 0) is 11.3 Å². The molecule has 0 radical (unpaired) electrons. The van der Waals surface area contributed by atoms with Crippen LogP contribution in [-0.4, -0.2) is 12.0 Å². The van der Waals surface area contributed by atoms with Crippen LogP contribution in [0.3, 0.4) is 0 Å². The second-order valence-electron chi connectivity index (χ2n) is 5.77. The van der Waals surface area contributed by atoms with E-state index in [2.05, 4.69) is 5.32 Å². The molecule has 0 aliphatic heterocycles. The van der Waals surface area contributed by atoms with Crippen LogP contribution in [0.25, 0.3) is 6.08 Å². The van der Waals surface area contributed by atoms with Crippen LogP contribution in [0.5, 0.6) is 5.75 Å². The van der Waals surface area contributed by atoms with Crippen molar-refractivity contribution >= 4 is 12.0 Å². The quantitative estimate of drug-likeness (QED) is 0.815. The number of carbonyl (C=O) groups excluding carboxylic acids is 1. The Kier molecular flexibility index (Phi) is 5.98. The number of rotatable bonds is 6. The fourth-order valence-electron chi connectivity index (χ4n) is 2.06. The van der Waals surface area contributed by atoms with Gasteiger partial charge >= 0.3 is 0 Å². The number of aryl methyl sites for hydroxylation is 1. The summed E-state index contributed by atoms with van der Waals surface area (Å²) in [5.74, 6) is 0.738. The lowest BCUT2D eigenvalue weighted by Gasteiger charge is -2.10. The summed E-state index contributed by atoms with van der Waals surface area (Å²) in [5, 5.41) is 2.87. The summed E-state index contributed by atoms with van der Waals surface area (Å²) in [6.07, 6.45) is 3.53. The van der Waals surface area contributed by atoms with E-state index in [-0.39, 0.29) is 12.0 Å². The summed E-state index contributed by atoms with van der Waals surface area (Å²) in [6, 6.07) is 15.8. The molecule has 0 spiro atoms. The maximum absolute atomic E-state index is 11.8. The molecule has 0 saturated heterocycles. The average molecular weight is 309 g/mol. The zero-order chi connectivity index (χ0) is 16.7. The highest BCUT2D eigenvalue weighted by Gasteiger charge is 2.00. The third kappa shape index (κ3) is 5.99. The third-order valence-corrected chi connectivity index (χ3v) is 3.27. The van der Waals surface area contributed by atoms with Gasteiger partial charge in [0.15, 0.2) is 0 Å². The van der Waals surface area contributed by atoms with Gasteiger partial charge in [-0.3, -0.25) is 4.79 Å². The largest absolute Gasteiger partial charge is 0.491 e. The second-order valence-corrected chi connectivity index (χ2v) is 5.77. The van der Waals surface area contributed by atoms with Crippen LogP contribution in [0.15, 0.2) is 54.6 Å². The fourth-order valence-corrected chi connectivity index (χ4v) is 2.06. The lowest BCUT2D eigenvalue weighted by atomic mass is 10.1. The van der Waals surface area contributed by atoms with E-state index in [1.54, 1.807) is 6.08 Å². The van der Waals surface area contributed by atoms with E-state index in [1.165, 1.54) is 5.56 Å². The van der Waals surface area contributed by atoms with E-state index >= 15 is 0 Å². The van der Waals surface area contributed by atoms with Gasteiger partial charge in [-0.1, -0.05) is 42.0 Å². The highest BCUT2D eigenvalue weighted by Crippen LogP contribution is 2.13. The molecule has 120 valence electrons. The number of amides is 1. The summed E-state index contributed by atoms with van der Waals surface area (Å²) in [4.78, 5) is 11.8. The third-order valence-electron chi connectivity index (χ3n) is 3.27. The van der Waals surface area contributed by atoms with E-state index < -0.39 is 0 Å². The molecule has 0 heterocycles. The van der Waals surface area contributed by atoms with Crippen molar-refractivity contribution in [3.63, 3.8) is 0 Å². The molecule has 0 atom stereocenters. The van der Waals surface area contributed by atoms with Gasteiger partial charge in [0.2, 0.25) is 5.91 Å². The molecular weight excluding hydrogens is 286 g/mol. The Balaban J connectivity index is 1.83. The summed E-state index contributed by atoms with van der Waals surface area (Å²) < 4.78 is 5.59. The molecular formula is C20H23NO2. The Labute approximate surface area is 138 Å². The van der Waals surface area contributed by atoms with Gasteiger partial charge in [-0.05, 0) is 50.1 Å². The molecule has 0 aliphatic carbocycles. The number of benzene rings is 2. The SMILES string of the molecule is Cc1ccc(/C=C/C(=O)NCc2ccc(OC(C)C)cc2)cc1. The molecule has 0 saturated carbocycles. The highest BCUT2D eigenvalue weighted by atomic mass is 16.5. The van der Waals surface area contributed by atoms with E-state index in [9.17, 15) is 4.79 Å². The summed E-state index contributed by atoms with van der Waals surface area (Å²) >= 11 is 0. The smallest absolute Gasteiger partial charge is 0.244 e. The average Bonchev–Trinajstić information content (AvgIpc) is 2.53. The van der Waals surface area contributed by atoms with E-state index in [4.69, 9.17) is 4.74 Å². The molecule has 0 bridgehead atoms. The molecule has 0 unspecified atom stereocenters. The predicted octanol–water partition coefficient (Wildman–Crippen LogP) is 4.11. The maximum Gasteiger partial charge on any atom is 0.244 e. The zero-order valence-electron chi connectivity index (χ0n) is 13.9. The number of ether oxygens (including phenoxy) is 1. The second kappa shape index (κ2) is 8.18. The van der Waals surface area contributed by atoms with Crippen LogP contribution in [0.2, 0.25) is 0 Å². The Morgan fingerprint density at radius 2 is 1.74 bits per heavy atom.